The van der Waals surface area contributed by atoms with E-state index in [0.29, 0.717) is 13.2 Å². The van der Waals surface area contributed by atoms with Gasteiger partial charge >= 0.3 is 0 Å². The van der Waals surface area contributed by atoms with Gasteiger partial charge in [0.05, 0.1) is 19.3 Å². The molecule has 3 fully saturated rings. The highest BCUT2D eigenvalue weighted by Crippen LogP contribution is 2.48. The standard InChI is InChI=1S/C21H30FN3O2/c1-2-23-20(25-10-12-27-19(14-25)18-7-4-11-26-18)24-15-21(8-9-21)16-5-3-6-17(22)13-16/h3,5-6,13,18-19H,2,4,7-12,14-15H2,1H3,(H,23,24). The molecule has 2 saturated heterocycles. The predicted octanol–water partition coefficient (Wildman–Crippen LogP) is 2.70. The van der Waals surface area contributed by atoms with Gasteiger partial charge in [0, 0.05) is 31.7 Å². The molecule has 0 radical (unpaired) electrons. The van der Waals surface area contributed by atoms with E-state index in [1.165, 1.54) is 6.07 Å². The predicted molar refractivity (Wildman–Crippen MR) is 104 cm³/mol. The van der Waals surface area contributed by atoms with Crippen molar-refractivity contribution in [2.75, 3.05) is 39.4 Å². The minimum absolute atomic E-state index is 0.00300. The van der Waals surface area contributed by atoms with Gasteiger partial charge in [-0.05, 0) is 50.3 Å². The Hall–Kier alpha value is -1.66. The highest BCUT2D eigenvalue weighted by molar-refractivity contribution is 5.80. The molecule has 1 aliphatic carbocycles. The number of rotatable bonds is 5. The van der Waals surface area contributed by atoms with Gasteiger partial charge < -0.3 is 19.7 Å². The summed E-state index contributed by atoms with van der Waals surface area (Å²) >= 11 is 0. The van der Waals surface area contributed by atoms with Gasteiger partial charge in [0.2, 0.25) is 0 Å². The molecule has 1 aromatic carbocycles. The van der Waals surface area contributed by atoms with E-state index < -0.39 is 0 Å². The van der Waals surface area contributed by atoms with E-state index in [4.69, 9.17) is 14.5 Å². The lowest BCUT2D eigenvalue weighted by Gasteiger charge is -2.37. The van der Waals surface area contributed by atoms with E-state index in [-0.39, 0.29) is 23.4 Å². The van der Waals surface area contributed by atoms with Crippen LogP contribution in [0.25, 0.3) is 0 Å². The normalized spacial score (nSPS) is 27.6. The minimum atomic E-state index is -0.165. The fourth-order valence-corrected chi connectivity index (χ4v) is 4.15. The molecular formula is C21H30FN3O2. The minimum Gasteiger partial charge on any atom is -0.375 e. The Morgan fingerprint density at radius 3 is 2.85 bits per heavy atom. The van der Waals surface area contributed by atoms with Crippen molar-refractivity contribution in [1.82, 2.24) is 10.2 Å². The molecule has 4 rings (SSSR count). The monoisotopic (exact) mass is 375 g/mol. The molecule has 2 unspecified atom stereocenters. The van der Waals surface area contributed by atoms with Crippen molar-refractivity contribution in [3.05, 3.63) is 35.6 Å². The van der Waals surface area contributed by atoms with Crippen molar-refractivity contribution in [2.45, 2.75) is 50.2 Å². The van der Waals surface area contributed by atoms with Gasteiger partial charge in [-0.2, -0.15) is 0 Å². The first-order valence-electron chi connectivity index (χ1n) is 10.2. The lowest BCUT2D eigenvalue weighted by molar-refractivity contribution is -0.0817. The second-order valence-electron chi connectivity index (χ2n) is 7.87. The number of morpholine rings is 1. The Labute approximate surface area is 160 Å². The fraction of sp³-hybridized carbons (Fsp3) is 0.667. The Kier molecular flexibility index (Phi) is 5.64. The van der Waals surface area contributed by atoms with Crippen molar-refractivity contribution in [3.63, 3.8) is 0 Å². The summed E-state index contributed by atoms with van der Waals surface area (Å²) in [7, 11) is 0. The zero-order valence-corrected chi connectivity index (χ0v) is 16.1. The Balaban J connectivity index is 1.45. The number of nitrogens with zero attached hydrogens (tertiary/aromatic N) is 2. The number of benzene rings is 1. The maximum atomic E-state index is 13.6. The smallest absolute Gasteiger partial charge is 0.194 e. The molecule has 2 heterocycles. The first-order valence-corrected chi connectivity index (χ1v) is 10.2. The molecule has 2 atom stereocenters. The average molecular weight is 375 g/mol. The average Bonchev–Trinajstić information content (AvgIpc) is 3.28. The molecule has 0 bridgehead atoms. The van der Waals surface area contributed by atoms with Crippen molar-refractivity contribution in [1.29, 1.82) is 0 Å². The number of guanidine groups is 1. The first kappa shape index (κ1) is 18.7. The molecule has 6 heteroatoms. The molecule has 2 aliphatic heterocycles. The van der Waals surface area contributed by atoms with E-state index in [9.17, 15) is 4.39 Å². The van der Waals surface area contributed by atoms with Gasteiger partial charge in [0.15, 0.2) is 5.96 Å². The van der Waals surface area contributed by atoms with Crippen LogP contribution in [-0.4, -0.2) is 62.5 Å². The van der Waals surface area contributed by atoms with Crippen LogP contribution in [0, 0.1) is 5.82 Å². The van der Waals surface area contributed by atoms with E-state index >= 15 is 0 Å². The topological polar surface area (TPSA) is 46.1 Å². The number of halogens is 1. The Morgan fingerprint density at radius 1 is 1.30 bits per heavy atom. The number of hydrogen-bond donors (Lipinski definition) is 1. The molecule has 27 heavy (non-hydrogen) atoms. The molecule has 0 spiro atoms. The Bertz CT molecular complexity index is 671. The molecular weight excluding hydrogens is 345 g/mol. The van der Waals surface area contributed by atoms with Crippen molar-refractivity contribution < 1.29 is 13.9 Å². The van der Waals surface area contributed by atoms with E-state index in [1.54, 1.807) is 12.1 Å². The maximum absolute atomic E-state index is 13.6. The summed E-state index contributed by atoms with van der Waals surface area (Å²) in [5, 5.41) is 3.43. The summed E-state index contributed by atoms with van der Waals surface area (Å²) in [6.07, 6.45) is 4.66. The lowest BCUT2D eigenvalue weighted by atomic mass is 9.96. The van der Waals surface area contributed by atoms with Crippen molar-refractivity contribution in [2.24, 2.45) is 4.99 Å². The van der Waals surface area contributed by atoms with Crippen LogP contribution < -0.4 is 5.32 Å². The molecule has 0 amide bonds. The maximum Gasteiger partial charge on any atom is 0.194 e. The van der Waals surface area contributed by atoms with Crippen LogP contribution in [-0.2, 0) is 14.9 Å². The summed E-state index contributed by atoms with van der Waals surface area (Å²) in [6.45, 7) is 6.80. The molecule has 148 valence electrons. The van der Waals surface area contributed by atoms with Crippen LogP contribution in [0.4, 0.5) is 4.39 Å². The molecule has 1 N–H and O–H groups in total. The SMILES string of the molecule is CCNC(=NCC1(c2cccc(F)c2)CC1)N1CCOC(C2CCCO2)C1. The van der Waals surface area contributed by atoms with Gasteiger partial charge in [-0.3, -0.25) is 4.99 Å². The largest absolute Gasteiger partial charge is 0.375 e. The van der Waals surface area contributed by atoms with E-state index in [0.717, 1.165) is 63.4 Å². The zero-order chi connectivity index (χ0) is 18.7. The van der Waals surface area contributed by atoms with E-state index in [2.05, 4.69) is 17.1 Å². The second-order valence-corrected chi connectivity index (χ2v) is 7.87. The van der Waals surface area contributed by atoms with Crippen molar-refractivity contribution in [3.8, 4) is 0 Å². The first-order chi connectivity index (χ1) is 13.2. The zero-order valence-electron chi connectivity index (χ0n) is 16.1. The van der Waals surface area contributed by atoms with Crippen LogP contribution in [0.1, 0.15) is 38.2 Å². The summed E-state index contributed by atoms with van der Waals surface area (Å²) in [6, 6.07) is 7.00. The third-order valence-electron chi connectivity index (χ3n) is 5.93. The Morgan fingerprint density at radius 2 is 2.15 bits per heavy atom. The highest BCUT2D eigenvalue weighted by Gasteiger charge is 2.44. The van der Waals surface area contributed by atoms with Gasteiger partial charge in [-0.15, -0.1) is 0 Å². The second kappa shape index (κ2) is 8.15. The molecule has 5 nitrogen and oxygen atoms in total. The van der Waals surface area contributed by atoms with Crippen LogP contribution in [0.3, 0.4) is 0 Å². The number of ether oxygens (including phenoxy) is 2. The molecule has 1 aromatic rings. The molecule has 0 aromatic heterocycles. The number of hydrogen-bond acceptors (Lipinski definition) is 3. The van der Waals surface area contributed by atoms with Crippen LogP contribution in [0.15, 0.2) is 29.3 Å². The van der Waals surface area contributed by atoms with Gasteiger partial charge in [-0.25, -0.2) is 4.39 Å². The number of aliphatic imine (C=N–C) groups is 1. The lowest BCUT2D eigenvalue weighted by Crippen LogP contribution is -2.53. The van der Waals surface area contributed by atoms with Crippen LogP contribution >= 0.6 is 0 Å². The molecule has 1 saturated carbocycles. The fourth-order valence-electron chi connectivity index (χ4n) is 4.15. The summed E-state index contributed by atoms with van der Waals surface area (Å²) in [5.74, 6) is 0.772. The van der Waals surface area contributed by atoms with Gasteiger partial charge in [0.1, 0.15) is 11.9 Å². The summed E-state index contributed by atoms with van der Waals surface area (Å²) < 4.78 is 25.4. The highest BCUT2D eigenvalue weighted by atomic mass is 19.1. The van der Waals surface area contributed by atoms with Crippen LogP contribution in [0.5, 0.6) is 0 Å². The van der Waals surface area contributed by atoms with E-state index in [1.807, 2.05) is 6.07 Å². The third-order valence-corrected chi connectivity index (χ3v) is 5.93. The number of nitrogens with one attached hydrogen (secondary N) is 1. The summed E-state index contributed by atoms with van der Waals surface area (Å²) in [5.41, 5.74) is 1.07. The quantitative estimate of drug-likeness (QED) is 0.635. The molecule has 3 aliphatic rings. The van der Waals surface area contributed by atoms with Crippen molar-refractivity contribution >= 4 is 5.96 Å². The van der Waals surface area contributed by atoms with Gasteiger partial charge in [-0.1, -0.05) is 12.1 Å². The van der Waals surface area contributed by atoms with Crippen LogP contribution in [0.2, 0.25) is 0 Å². The van der Waals surface area contributed by atoms with Gasteiger partial charge in [0.25, 0.3) is 0 Å². The third kappa shape index (κ3) is 4.27. The summed E-state index contributed by atoms with van der Waals surface area (Å²) in [4.78, 5) is 7.24.